The van der Waals surface area contributed by atoms with E-state index >= 15 is 0 Å². The van der Waals surface area contributed by atoms with Crippen molar-refractivity contribution in [1.82, 2.24) is 0 Å². The van der Waals surface area contributed by atoms with Gasteiger partial charge in [0.05, 0.1) is 16.3 Å². The topological polar surface area (TPSA) is 93.4 Å². The molecular weight excluding hydrogens is 338 g/mol. The third kappa shape index (κ3) is 5.82. The van der Waals surface area contributed by atoms with Crippen LogP contribution >= 0.6 is 11.6 Å². The van der Waals surface area contributed by atoms with E-state index in [0.717, 1.165) is 6.26 Å². The maximum Gasteiger partial charge on any atom is 0.261 e. The van der Waals surface area contributed by atoms with Gasteiger partial charge in [0, 0.05) is 12.1 Å². The summed E-state index contributed by atoms with van der Waals surface area (Å²) in [6, 6.07) is 13.1. The van der Waals surface area contributed by atoms with Gasteiger partial charge in [0.25, 0.3) is 10.0 Å². The number of nitrogens with one attached hydrogen (secondary N) is 2. The van der Waals surface area contributed by atoms with E-state index in [1.165, 1.54) is 12.1 Å². The number of para-hydroxylation sites is 2. The Kier molecular flexibility index (Phi) is 7.40. The Morgan fingerprint density at radius 1 is 1.13 bits per heavy atom. The summed E-state index contributed by atoms with van der Waals surface area (Å²) in [6.07, 6.45) is 1.15. The number of rotatable bonds is 5. The molecule has 0 spiro atoms. The average molecular weight is 356 g/mol. The van der Waals surface area contributed by atoms with E-state index < -0.39 is 10.0 Å². The zero-order valence-corrected chi connectivity index (χ0v) is 14.1. The molecule has 0 heterocycles. The number of halogens is 1. The minimum Gasteiger partial charge on any atom is -0.420 e. The predicted octanol–water partition coefficient (Wildman–Crippen LogP) is 3.20. The van der Waals surface area contributed by atoms with Crippen molar-refractivity contribution in [2.24, 2.45) is 5.90 Å². The quantitative estimate of drug-likeness (QED) is 0.565. The summed E-state index contributed by atoms with van der Waals surface area (Å²) in [6.45, 7) is 3.13. The van der Waals surface area contributed by atoms with Crippen LogP contribution in [-0.4, -0.2) is 15.5 Å². The fourth-order valence-corrected chi connectivity index (χ4v) is 2.81. The zero-order chi connectivity index (χ0) is 17.3. The molecule has 6 nitrogen and oxygen atoms in total. The second kappa shape index (κ2) is 9.04. The van der Waals surface area contributed by atoms with Crippen LogP contribution in [0.3, 0.4) is 0 Å². The molecule has 0 bridgehead atoms. The van der Waals surface area contributed by atoms with Gasteiger partial charge in [0.2, 0.25) is 0 Å². The van der Waals surface area contributed by atoms with Crippen molar-refractivity contribution in [3.8, 4) is 0 Å². The molecule has 0 aliphatic rings. The van der Waals surface area contributed by atoms with Crippen molar-refractivity contribution in [2.45, 2.75) is 4.90 Å². The molecule has 2 rings (SSSR count). The van der Waals surface area contributed by atoms with E-state index in [9.17, 15) is 8.42 Å². The van der Waals surface area contributed by atoms with Crippen molar-refractivity contribution >= 4 is 33.0 Å². The van der Waals surface area contributed by atoms with Crippen LogP contribution in [0.15, 0.2) is 66.3 Å². The van der Waals surface area contributed by atoms with Gasteiger partial charge in [-0.25, -0.2) is 8.42 Å². The van der Waals surface area contributed by atoms with E-state index in [1.807, 2.05) is 6.07 Å². The lowest BCUT2D eigenvalue weighted by molar-refractivity contribution is 0.262. The van der Waals surface area contributed by atoms with Gasteiger partial charge in [-0.3, -0.25) is 4.72 Å². The van der Waals surface area contributed by atoms with Crippen molar-refractivity contribution in [2.75, 3.05) is 17.1 Å². The first-order chi connectivity index (χ1) is 10.9. The minimum absolute atomic E-state index is 0.169. The Morgan fingerprint density at radius 2 is 1.65 bits per heavy atom. The maximum absolute atomic E-state index is 12.2. The highest BCUT2D eigenvalue weighted by molar-refractivity contribution is 7.92. The molecule has 0 atom stereocenters. The Hall–Kier alpha value is -2.22. The van der Waals surface area contributed by atoms with Crippen LogP contribution in [0.4, 0.5) is 11.4 Å². The Bertz CT molecular complexity index is 734. The van der Waals surface area contributed by atoms with E-state index in [1.54, 1.807) is 37.4 Å². The van der Waals surface area contributed by atoms with Crippen molar-refractivity contribution in [3.05, 3.63) is 66.4 Å². The van der Waals surface area contributed by atoms with E-state index in [0.29, 0.717) is 16.4 Å². The lowest BCUT2D eigenvalue weighted by atomic mass is 10.3. The van der Waals surface area contributed by atoms with Crippen LogP contribution in [0.2, 0.25) is 5.02 Å². The summed E-state index contributed by atoms with van der Waals surface area (Å²) in [5.41, 5.74) is 1.21. The number of anilines is 2. The standard InChI is InChI=1S/C13H13ClN2O2S.C2H5NO/c1-15-12-4-2-3-5-13(12)16-19(17,18)11-8-6-10(14)7-9-11;1-2-4-3/h2-9,15-16H,1H3;2H,1,3H2. The molecule has 0 saturated heterocycles. The Morgan fingerprint density at radius 3 is 2.13 bits per heavy atom. The second-order valence-corrected chi connectivity index (χ2v) is 6.28. The molecule has 0 unspecified atom stereocenters. The number of sulfonamides is 1. The van der Waals surface area contributed by atoms with E-state index in [2.05, 4.69) is 27.4 Å². The van der Waals surface area contributed by atoms with Crippen molar-refractivity contribution in [3.63, 3.8) is 0 Å². The van der Waals surface area contributed by atoms with Crippen LogP contribution in [0.1, 0.15) is 0 Å². The normalized spacial score (nSPS) is 10.0. The van der Waals surface area contributed by atoms with Gasteiger partial charge in [0.15, 0.2) is 0 Å². The molecule has 0 radical (unpaired) electrons. The summed E-state index contributed by atoms with van der Waals surface area (Å²) in [5.74, 6) is 4.41. The van der Waals surface area contributed by atoms with Crippen LogP contribution < -0.4 is 15.9 Å². The monoisotopic (exact) mass is 355 g/mol. The molecule has 124 valence electrons. The molecule has 23 heavy (non-hydrogen) atoms. The van der Waals surface area contributed by atoms with Gasteiger partial charge in [-0.05, 0) is 36.4 Å². The van der Waals surface area contributed by atoms with Gasteiger partial charge in [0.1, 0.15) is 6.26 Å². The summed E-state index contributed by atoms with van der Waals surface area (Å²) in [7, 11) is -1.88. The van der Waals surface area contributed by atoms with Gasteiger partial charge in [-0.1, -0.05) is 30.3 Å². The van der Waals surface area contributed by atoms with Crippen molar-refractivity contribution in [1.29, 1.82) is 0 Å². The lowest BCUT2D eigenvalue weighted by Gasteiger charge is -2.12. The van der Waals surface area contributed by atoms with Crippen LogP contribution in [0, 0.1) is 0 Å². The van der Waals surface area contributed by atoms with Crippen LogP contribution in [-0.2, 0) is 14.9 Å². The van der Waals surface area contributed by atoms with E-state index in [-0.39, 0.29) is 4.90 Å². The molecule has 8 heteroatoms. The maximum atomic E-state index is 12.2. The number of nitrogens with two attached hydrogens (primary N) is 1. The molecule has 2 aromatic carbocycles. The highest BCUT2D eigenvalue weighted by atomic mass is 35.5. The first kappa shape index (κ1) is 18.8. The fourth-order valence-electron chi connectivity index (χ4n) is 1.61. The molecule has 2 aromatic rings. The minimum atomic E-state index is -3.61. The SMILES string of the molecule is C=CON.CNc1ccccc1NS(=O)(=O)c1ccc(Cl)cc1. The largest absolute Gasteiger partial charge is 0.420 e. The zero-order valence-electron chi connectivity index (χ0n) is 12.5. The van der Waals surface area contributed by atoms with Crippen LogP contribution in [0.5, 0.6) is 0 Å². The number of benzene rings is 2. The highest BCUT2D eigenvalue weighted by Crippen LogP contribution is 2.24. The number of hydrogen-bond donors (Lipinski definition) is 3. The van der Waals surface area contributed by atoms with Gasteiger partial charge >= 0.3 is 0 Å². The smallest absolute Gasteiger partial charge is 0.261 e. The summed E-state index contributed by atoms with van der Waals surface area (Å²) < 4.78 is 26.9. The average Bonchev–Trinajstić information content (AvgIpc) is 2.55. The molecule has 0 aliphatic carbocycles. The number of hydrogen-bond acceptors (Lipinski definition) is 5. The molecule has 0 aromatic heterocycles. The second-order valence-electron chi connectivity index (χ2n) is 4.16. The first-order valence-electron chi connectivity index (χ1n) is 6.46. The van der Waals surface area contributed by atoms with E-state index in [4.69, 9.17) is 11.6 Å². The lowest BCUT2D eigenvalue weighted by Crippen LogP contribution is -2.13. The highest BCUT2D eigenvalue weighted by Gasteiger charge is 2.15. The molecular formula is C15H18ClN3O3S. The van der Waals surface area contributed by atoms with Gasteiger partial charge < -0.3 is 10.2 Å². The summed E-state index contributed by atoms with van der Waals surface area (Å²) in [4.78, 5) is 3.97. The van der Waals surface area contributed by atoms with Gasteiger partial charge in [-0.2, -0.15) is 5.90 Å². The molecule has 0 aliphatic heterocycles. The third-order valence-corrected chi connectivity index (χ3v) is 4.29. The molecule has 0 amide bonds. The molecule has 0 fully saturated rings. The molecule has 0 saturated carbocycles. The Balaban J connectivity index is 0.000000593. The van der Waals surface area contributed by atoms with Crippen LogP contribution in [0.25, 0.3) is 0 Å². The van der Waals surface area contributed by atoms with Crippen molar-refractivity contribution < 1.29 is 13.3 Å². The third-order valence-electron chi connectivity index (χ3n) is 2.66. The first-order valence-corrected chi connectivity index (χ1v) is 8.32. The summed E-state index contributed by atoms with van der Waals surface area (Å²) >= 11 is 5.74. The predicted molar refractivity (Wildman–Crippen MR) is 93.7 cm³/mol. The van der Waals surface area contributed by atoms with Gasteiger partial charge in [-0.15, -0.1) is 0 Å². The fraction of sp³-hybridized carbons (Fsp3) is 0.0667. The Labute approximate surface area is 140 Å². The molecule has 4 N–H and O–H groups in total. The summed E-state index contributed by atoms with van der Waals surface area (Å²) in [5, 5.41) is 3.43.